The number of benzene rings is 1. The van der Waals surface area contributed by atoms with E-state index >= 15 is 0 Å². The molecule has 1 spiro atoms. The van der Waals surface area contributed by atoms with Crippen LogP contribution in [0.25, 0.3) is 0 Å². The van der Waals surface area contributed by atoms with Gasteiger partial charge in [-0.05, 0) is 30.5 Å². The molecule has 1 aromatic carbocycles. The maximum atomic E-state index is 12.3. The molecule has 5 rings (SSSR count). The lowest BCUT2D eigenvalue weighted by Gasteiger charge is -2.57. The molecule has 0 N–H and O–H groups in total. The summed E-state index contributed by atoms with van der Waals surface area (Å²) >= 11 is 0. The second-order valence-corrected chi connectivity index (χ2v) is 8.32. The minimum Gasteiger partial charge on any atom is -0.481 e. The van der Waals surface area contributed by atoms with Crippen molar-refractivity contribution in [1.82, 2.24) is 4.90 Å². The first-order valence-corrected chi connectivity index (χ1v) is 9.97. The molecule has 4 aliphatic rings. The summed E-state index contributed by atoms with van der Waals surface area (Å²) < 4.78 is 17.4. The summed E-state index contributed by atoms with van der Waals surface area (Å²) in [4.78, 5) is 37.6. The van der Waals surface area contributed by atoms with Gasteiger partial charge in [0.1, 0.15) is 6.10 Å². The normalized spacial score (nSPS) is 32.9. The Bertz CT molecular complexity index is 968. The first-order chi connectivity index (χ1) is 13.8. The lowest BCUT2D eigenvalue weighted by molar-refractivity contribution is -0.153. The van der Waals surface area contributed by atoms with Crippen LogP contribution in [0.5, 0.6) is 11.5 Å². The zero-order valence-corrected chi connectivity index (χ0v) is 16.6. The second kappa shape index (κ2) is 6.08. The van der Waals surface area contributed by atoms with E-state index in [1.807, 2.05) is 17.0 Å². The monoisotopic (exact) mass is 397 g/mol. The Morgan fingerprint density at radius 3 is 2.62 bits per heavy atom. The summed E-state index contributed by atoms with van der Waals surface area (Å²) in [5.41, 5.74) is 1.74. The van der Waals surface area contributed by atoms with Gasteiger partial charge in [0.25, 0.3) is 0 Å². The maximum absolute atomic E-state index is 12.3. The SMILES string of the molecule is CC(=O)Oc1ccc2c3c1O[C@@H]1[C@@H](OC(C)=O)C=C[C@@H]4[C@@H](C2)N(C(C)=O)CC[C@@]341. The van der Waals surface area contributed by atoms with Gasteiger partial charge in [-0.1, -0.05) is 12.1 Å². The van der Waals surface area contributed by atoms with E-state index in [0.717, 1.165) is 11.1 Å². The highest BCUT2D eigenvalue weighted by Gasteiger charge is 2.65. The average Bonchev–Trinajstić information content (AvgIpc) is 2.98. The fraction of sp³-hybridized carbons (Fsp3) is 0.500. The Morgan fingerprint density at radius 1 is 1.14 bits per heavy atom. The van der Waals surface area contributed by atoms with Gasteiger partial charge in [-0.2, -0.15) is 0 Å². The largest absolute Gasteiger partial charge is 0.481 e. The molecule has 152 valence electrons. The molecule has 1 amide bonds. The summed E-state index contributed by atoms with van der Waals surface area (Å²) in [6.45, 7) is 4.98. The zero-order chi connectivity index (χ0) is 20.5. The quantitative estimate of drug-likeness (QED) is 0.431. The van der Waals surface area contributed by atoms with E-state index in [9.17, 15) is 14.4 Å². The van der Waals surface area contributed by atoms with Gasteiger partial charge in [0.2, 0.25) is 5.91 Å². The van der Waals surface area contributed by atoms with Crippen LogP contribution < -0.4 is 9.47 Å². The van der Waals surface area contributed by atoms with Gasteiger partial charge in [-0.3, -0.25) is 14.4 Å². The minimum atomic E-state index is -0.531. The molecule has 7 nitrogen and oxygen atoms in total. The predicted molar refractivity (Wildman–Crippen MR) is 102 cm³/mol. The maximum Gasteiger partial charge on any atom is 0.308 e. The van der Waals surface area contributed by atoms with Crippen LogP contribution in [-0.2, 0) is 31.0 Å². The first-order valence-electron chi connectivity index (χ1n) is 9.97. The smallest absolute Gasteiger partial charge is 0.308 e. The van der Waals surface area contributed by atoms with Crippen molar-refractivity contribution >= 4 is 17.8 Å². The van der Waals surface area contributed by atoms with Gasteiger partial charge >= 0.3 is 11.9 Å². The second-order valence-electron chi connectivity index (χ2n) is 8.32. The summed E-state index contributed by atoms with van der Waals surface area (Å²) in [6.07, 6.45) is 4.44. The van der Waals surface area contributed by atoms with Crippen LogP contribution in [0.3, 0.4) is 0 Å². The number of carbonyl (C=O) groups excluding carboxylic acids is 3. The van der Waals surface area contributed by atoms with E-state index in [1.54, 1.807) is 13.0 Å². The Labute approximate surface area is 168 Å². The molecular weight excluding hydrogens is 374 g/mol. The summed E-state index contributed by atoms with van der Waals surface area (Å²) in [7, 11) is 0. The summed E-state index contributed by atoms with van der Waals surface area (Å²) in [5, 5.41) is 0. The van der Waals surface area contributed by atoms with Crippen molar-refractivity contribution in [3.05, 3.63) is 35.4 Å². The number of ether oxygens (including phenoxy) is 3. The number of carbonyl (C=O) groups is 3. The van der Waals surface area contributed by atoms with Crippen molar-refractivity contribution < 1.29 is 28.6 Å². The molecule has 0 radical (unpaired) electrons. The van der Waals surface area contributed by atoms with Crippen LogP contribution >= 0.6 is 0 Å². The number of hydrogen-bond acceptors (Lipinski definition) is 6. The highest BCUT2D eigenvalue weighted by atomic mass is 16.6. The van der Waals surface area contributed by atoms with Crippen LogP contribution in [0, 0.1) is 5.92 Å². The number of rotatable bonds is 2. The topological polar surface area (TPSA) is 82.1 Å². The van der Waals surface area contributed by atoms with Gasteiger partial charge in [-0.25, -0.2) is 0 Å². The third-order valence-electron chi connectivity index (χ3n) is 6.80. The average molecular weight is 397 g/mol. The fourth-order valence-electron chi connectivity index (χ4n) is 5.95. The van der Waals surface area contributed by atoms with Crippen molar-refractivity contribution in [2.24, 2.45) is 5.92 Å². The molecule has 0 saturated carbocycles. The molecule has 7 heteroatoms. The molecule has 29 heavy (non-hydrogen) atoms. The Balaban J connectivity index is 1.71. The first kappa shape index (κ1) is 18.2. The van der Waals surface area contributed by atoms with Crippen molar-refractivity contribution in [1.29, 1.82) is 0 Å². The van der Waals surface area contributed by atoms with Gasteiger partial charge in [0.05, 0.1) is 5.41 Å². The van der Waals surface area contributed by atoms with Crippen LogP contribution in [0.15, 0.2) is 24.3 Å². The Morgan fingerprint density at radius 2 is 1.93 bits per heavy atom. The molecule has 1 saturated heterocycles. The Kier molecular flexibility index (Phi) is 3.82. The number of amides is 1. The van der Waals surface area contributed by atoms with Gasteiger partial charge in [-0.15, -0.1) is 0 Å². The van der Waals surface area contributed by atoms with E-state index in [0.29, 0.717) is 30.9 Å². The third-order valence-corrected chi connectivity index (χ3v) is 6.80. The molecule has 2 heterocycles. The highest BCUT2D eigenvalue weighted by molar-refractivity contribution is 5.76. The number of esters is 2. The fourth-order valence-corrected chi connectivity index (χ4v) is 5.95. The zero-order valence-electron chi connectivity index (χ0n) is 16.6. The molecule has 1 fully saturated rings. The molecule has 2 bridgehead atoms. The van der Waals surface area contributed by atoms with Crippen molar-refractivity contribution in [2.75, 3.05) is 6.54 Å². The lowest BCUT2D eigenvalue weighted by Crippen LogP contribution is -2.66. The summed E-state index contributed by atoms with van der Waals surface area (Å²) in [5.74, 6) is 0.303. The summed E-state index contributed by atoms with van der Waals surface area (Å²) in [6, 6.07) is 3.75. The number of likely N-dealkylation sites (tertiary alicyclic amines) is 1. The van der Waals surface area contributed by atoms with Crippen LogP contribution in [0.2, 0.25) is 0 Å². The number of piperidine rings is 1. The van der Waals surface area contributed by atoms with E-state index in [1.165, 1.54) is 13.8 Å². The molecule has 5 atom stereocenters. The molecule has 2 aliphatic carbocycles. The number of hydrogen-bond donors (Lipinski definition) is 0. The molecule has 0 aromatic heterocycles. The van der Waals surface area contributed by atoms with E-state index < -0.39 is 23.6 Å². The molecule has 2 aliphatic heterocycles. The molecule has 0 unspecified atom stereocenters. The number of nitrogens with zero attached hydrogens (tertiary/aromatic N) is 1. The molecular formula is C22H23NO6. The molecule has 1 aromatic rings. The van der Waals surface area contributed by atoms with Gasteiger partial charge in [0.15, 0.2) is 17.6 Å². The van der Waals surface area contributed by atoms with Crippen LogP contribution in [0.4, 0.5) is 0 Å². The Hall–Kier alpha value is -2.83. The van der Waals surface area contributed by atoms with E-state index in [4.69, 9.17) is 14.2 Å². The highest BCUT2D eigenvalue weighted by Crippen LogP contribution is 2.62. The van der Waals surface area contributed by atoms with Crippen LogP contribution in [0.1, 0.15) is 38.3 Å². The predicted octanol–water partition coefficient (Wildman–Crippen LogP) is 1.91. The third kappa shape index (κ3) is 2.39. The van der Waals surface area contributed by atoms with Gasteiger partial charge in [0, 0.05) is 44.8 Å². The van der Waals surface area contributed by atoms with Crippen molar-refractivity contribution in [2.45, 2.75) is 57.3 Å². The van der Waals surface area contributed by atoms with Crippen LogP contribution in [-0.4, -0.2) is 47.5 Å². The van der Waals surface area contributed by atoms with E-state index in [-0.39, 0.29) is 23.8 Å². The van der Waals surface area contributed by atoms with Crippen molar-refractivity contribution in [3.63, 3.8) is 0 Å². The van der Waals surface area contributed by atoms with Crippen molar-refractivity contribution in [3.8, 4) is 11.5 Å². The van der Waals surface area contributed by atoms with Gasteiger partial charge < -0.3 is 19.1 Å². The standard InChI is InChI=1S/C22H23NO6/c1-11(24)23-9-8-22-15-5-7-18(28-13(3)26)21(22)29-20-17(27-12(2)25)6-4-14(19(20)22)10-16(15)23/h4-7,15-16,18,21H,8-10H2,1-3H3/t15-,16-,18+,21-,22+/m1/s1. The van der Waals surface area contributed by atoms with E-state index in [2.05, 4.69) is 6.08 Å². The minimum absolute atomic E-state index is 0.0277. The lowest BCUT2D eigenvalue weighted by atomic mass is 9.53.